The molecular weight excluding hydrogens is 328 g/mol. The number of carbonyl (C=O) groups is 2. The summed E-state index contributed by atoms with van der Waals surface area (Å²) in [5.74, 6) is -1.01. The summed E-state index contributed by atoms with van der Waals surface area (Å²) in [6.45, 7) is 3.71. The van der Waals surface area contributed by atoms with Gasteiger partial charge in [-0.25, -0.2) is 4.98 Å². The summed E-state index contributed by atoms with van der Waals surface area (Å²) in [4.78, 5) is 33.4. The molecule has 2 unspecified atom stereocenters. The summed E-state index contributed by atoms with van der Waals surface area (Å²) in [5, 5.41) is 0. The molecule has 2 aromatic rings. The van der Waals surface area contributed by atoms with Crippen molar-refractivity contribution < 1.29 is 14.3 Å². The van der Waals surface area contributed by atoms with Crippen LogP contribution in [0, 0.1) is 11.8 Å². The third-order valence-electron chi connectivity index (χ3n) is 4.23. The molecule has 0 bridgehead atoms. The van der Waals surface area contributed by atoms with Gasteiger partial charge in [0.15, 0.2) is 5.78 Å². The van der Waals surface area contributed by atoms with E-state index < -0.39 is 11.8 Å². The van der Waals surface area contributed by atoms with Crippen molar-refractivity contribution in [2.45, 2.75) is 0 Å². The molecule has 0 amide bonds. The van der Waals surface area contributed by atoms with Gasteiger partial charge in [-0.3, -0.25) is 9.78 Å². The minimum Gasteiger partial charge on any atom is -0.497 e. The first kappa shape index (κ1) is 17.5. The second-order valence-electron chi connectivity index (χ2n) is 5.79. The fourth-order valence-electron chi connectivity index (χ4n) is 2.82. The van der Waals surface area contributed by atoms with E-state index in [9.17, 15) is 9.59 Å². The number of rotatable bonds is 6. The number of methoxy groups -OCH3 is 1. The van der Waals surface area contributed by atoms with Crippen LogP contribution in [-0.2, 0) is 9.53 Å². The molecule has 0 N–H and O–H groups in total. The molecule has 1 aliphatic carbocycles. The van der Waals surface area contributed by atoms with Crippen LogP contribution in [0.1, 0.15) is 16.2 Å². The maximum atomic E-state index is 13.2. The number of carbonyl (C=O) groups excluding carboxylic acids is 2. The molecule has 0 saturated carbocycles. The third-order valence-corrected chi connectivity index (χ3v) is 4.23. The minimum atomic E-state index is -0.688. The monoisotopic (exact) mass is 346 g/mol. The first-order chi connectivity index (χ1) is 12.7. The van der Waals surface area contributed by atoms with E-state index in [0.717, 1.165) is 11.8 Å². The van der Waals surface area contributed by atoms with Gasteiger partial charge in [0.05, 0.1) is 30.6 Å². The van der Waals surface area contributed by atoms with Gasteiger partial charge >= 0.3 is 0 Å². The lowest BCUT2D eigenvalue weighted by Gasteiger charge is -2.21. The molecular formula is C21H18N2O3. The van der Waals surface area contributed by atoms with E-state index in [4.69, 9.17) is 4.74 Å². The van der Waals surface area contributed by atoms with Crippen LogP contribution in [0.15, 0.2) is 67.1 Å². The molecule has 1 heterocycles. The first-order valence-electron chi connectivity index (χ1n) is 8.16. The van der Waals surface area contributed by atoms with E-state index in [1.54, 1.807) is 24.4 Å². The van der Waals surface area contributed by atoms with Crippen LogP contribution in [0.4, 0.5) is 0 Å². The lowest BCUT2D eigenvalue weighted by atomic mass is 9.84. The zero-order valence-electron chi connectivity index (χ0n) is 14.3. The highest BCUT2D eigenvalue weighted by atomic mass is 16.5. The molecule has 5 heteroatoms. The number of hydrogen-bond donors (Lipinski definition) is 0. The second-order valence-corrected chi connectivity index (χ2v) is 5.79. The number of Topliss-reactive ketones (excluding diaryl/α,β-unsaturated/α-hetero) is 1. The Morgan fingerprint density at radius 2 is 2.04 bits per heavy atom. The second kappa shape index (κ2) is 7.70. The fourth-order valence-corrected chi connectivity index (χ4v) is 2.82. The van der Waals surface area contributed by atoms with Crippen molar-refractivity contribution >= 4 is 18.1 Å². The number of ketones is 1. The molecule has 0 radical (unpaired) electrons. The summed E-state index contributed by atoms with van der Waals surface area (Å²) < 4.78 is 5.20. The summed E-state index contributed by atoms with van der Waals surface area (Å²) in [6, 6.07) is 9.48. The number of benzene rings is 1. The molecule has 3 rings (SSSR count). The SMILES string of the molecule is C=Cc1ncc(-c2ccccc2)nc1C(=O)C1C=C(OC)C=CC1C=O. The van der Waals surface area contributed by atoms with Crippen molar-refractivity contribution in [1.29, 1.82) is 0 Å². The quantitative estimate of drug-likeness (QED) is 0.591. The molecule has 1 aromatic carbocycles. The van der Waals surface area contributed by atoms with Gasteiger partial charge in [0, 0.05) is 11.5 Å². The van der Waals surface area contributed by atoms with E-state index in [0.29, 0.717) is 17.1 Å². The number of allylic oxidation sites excluding steroid dienone is 3. The Morgan fingerprint density at radius 1 is 1.27 bits per heavy atom. The predicted octanol–water partition coefficient (Wildman–Crippen LogP) is 3.50. The molecule has 5 nitrogen and oxygen atoms in total. The van der Waals surface area contributed by atoms with E-state index >= 15 is 0 Å². The van der Waals surface area contributed by atoms with Gasteiger partial charge in [0.25, 0.3) is 0 Å². The maximum absolute atomic E-state index is 13.2. The predicted molar refractivity (Wildman–Crippen MR) is 99.2 cm³/mol. The van der Waals surface area contributed by atoms with Crippen molar-refractivity contribution in [2.24, 2.45) is 11.8 Å². The normalized spacial score (nSPS) is 18.7. The highest BCUT2D eigenvalue weighted by Crippen LogP contribution is 2.27. The van der Waals surface area contributed by atoms with E-state index in [1.165, 1.54) is 13.2 Å². The van der Waals surface area contributed by atoms with Crippen molar-refractivity contribution in [3.05, 3.63) is 78.5 Å². The van der Waals surface area contributed by atoms with E-state index in [-0.39, 0.29) is 11.5 Å². The summed E-state index contributed by atoms with van der Waals surface area (Å²) >= 11 is 0. The Balaban J connectivity index is 2.05. The molecule has 130 valence electrons. The zero-order valence-corrected chi connectivity index (χ0v) is 14.3. The largest absolute Gasteiger partial charge is 0.497 e. The molecule has 1 aromatic heterocycles. The molecule has 2 atom stereocenters. The van der Waals surface area contributed by atoms with Crippen LogP contribution in [0.25, 0.3) is 17.3 Å². The Morgan fingerprint density at radius 3 is 2.69 bits per heavy atom. The van der Waals surface area contributed by atoms with Crippen molar-refractivity contribution in [1.82, 2.24) is 9.97 Å². The van der Waals surface area contributed by atoms with Crippen molar-refractivity contribution in [3.63, 3.8) is 0 Å². The smallest absolute Gasteiger partial charge is 0.191 e. The summed E-state index contributed by atoms with van der Waals surface area (Å²) in [7, 11) is 1.52. The lowest BCUT2D eigenvalue weighted by molar-refractivity contribution is -0.110. The van der Waals surface area contributed by atoms with Gasteiger partial charge in [-0.1, -0.05) is 43.0 Å². The molecule has 1 aliphatic rings. The number of aromatic nitrogens is 2. The maximum Gasteiger partial charge on any atom is 0.191 e. The minimum absolute atomic E-state index is 0.195. The molecule has 0 saturated heterocycles. The van der Waals surface area contributed by atoms with Gasteiger partial charge < -0.3 is 9.53 Å². The number of ether oxygens (including phenoxy) is 1. The topological polar surface area (TPSA) is 69.2 Å². The van der Waals surface area contributed by atoms with Crippen LogP contribution in [0.5, 0.6) is 0 Å². The highest BCUT2D eigenvalue weighted by molar-refractivity contribution is 6.01. The van der Waals surface area contributed by atoms with Gasteiger partial charge in [-0.2, -0.15) is 0 Å². The van der Waals surface area contributed by atoms with Gasteiger partial charge in [0.2, 0.25) is 0 Å². The van der Waals surface area contributed by atoms with Crippen molar-refractivity contribution in [2.75, 3.05) is 7.11 Å². The Labute approximate surface area is 151 Å². The Kier molecular flexibility index (Phi) is 5.17. The molecule has 0 fully saturated rings. The van der Waals surface area contributed by atoms with E-state index in [1.807, 2.05) is 30.3 Å². The van der Waals surface area contributed by atoms with E-state index in [2.05, 4.69) is 16.5 Å². The summed E-state index contributed by atoms with van der Waals surface area (Å²) in [5.41, 5.74) is 2.03. The lowest BCUT2D eigenvalue weighted by Crippen LogP contribution is -2.26. The third kappa shape index (κ3) is 3.37. The Hall–Kier alpha value is -3.34. The zero-order chi connectivity index (χ0) is 18.5. The fraction of sp³-hybridized carbons (Fsp3) is 0.143. The number of hydrogen-bond acceptors (Lipinski definition) is 5. The molecule has 0 aliphatic heterocycles. The van der Waals surface area contributed by atoms with Crippen LogP contribution in [0.2, 0.25) is 0 Å². The molecule has 26 heavy (non-hydrogen) atoms. The van der Waals surface area contributed by atoms with Crippen LogP contribution >= 0.6 is 0 Å². The number of aldehydes is 1. The standard InChI is InChI=1S/C21H18N2O3/c1-3-18-20(23-19(12-22-18)14-7-5-4-6-8-14)21(25)17-11-16(26-2)10-9-15(17)13-24/h3-13,15,17H,1H2,2H3. The van der Waals surface area contributed by atoms with Crippen LogP contribution < -0.4 is 0 Å². The van der Waals surface area contributed by atoms with Gasteiger partial charge in [0.1, 0.15) is 17.7 Å². The van der Waals surface area contributed by atoms with Gasteiger partial charge in [-0.15, -0.1) is 0 Å². The first-order valence-corrected chi connectivity index (χ1v) is 8.16. The highest BCUT2D eigenvalue weighted by Gasteiger charge is 2.31. The molecule has 0 spiro atoms. The van der Waals surface area contributed by atoms with Crippen molar-refractivity contribution in [3.8, 4) is 11.3 Å². The van der Waals surface area contributed by atoms with Gasteiger partial charge in [-0.05, 0) is 18.2 Å². The van der Waals surface area contributed by atoms with Crippen LogP contribution in [-0.4, -0.2) is 29.1 Å². The Bertz CT molecular complexity index is 901. The van der Waals surface area contributed by atoms with Crippen LogP contribution in [0.3, 0.4) is 0 Å². The average molecular weight is 346 g/mol. The number of nitrogens with zero attached hydrogens (tertiary/aromatic N) is 2. The average Bonchev–Trinajstić information content (AvgIpc) is 2.72. The summed E-state index contributed by atoms with van der Waals surface area (Å²) in [6.07, 6.45) is 8.84.